The van der Waals surface area contributed by atoms with Crippen molar-refractivity contribution >= 4 is 17.4 Å². The van der Waals surface area contributed by atoms with Crippen molar-refractivity contribution in [2.45, 2.75) is 20.1 Å². The average Bonchev–Trinajstić information content (AvgIpc) is 2.88. The second-order valence-corrected chi connectivity index (χ2v) is 7.77. The molecule has 1 N–H and O–H groups in total. The number of anilines is 1. The Morgan fingerprint density at radius 3 is 1.85 bits per heavy atom. The van der Waals surface area contributed by atoms with Gasteiger partial charge in [0.15, 0.2) is 17.3 Å². The van der Waals surface area contributed by atoms with E-state index in [1.807, 2.05) is 60.7 Å². The van der Waals surface area contributed by atoms with Gasteiger partial charge in [0.05, 0.1) is 5.69 Å². The number of hydrogen-bond acceptors (Lipinski definition) is 4. The molecule has 0 spiro atoms. The zero-order valence-electron chi connectivity index (χ0n) is 18.9. The smallest absolute Gasteiger partial charge is 0.255 e. The molecule has 0 radical (unpaired) electrons. The van der Waals surface area contributed by atoms with Gasteiger partial charge in [-0.1, -0.05) is 72.8 Å². The minimum Gasteiger partial charge on any atom is -0.485 e. The quantitative estimate of drug-likeness (QED) is 0.303. The lowest BCUT2D eigenvalue weighted by Gasteiger charge is -2.15. The van der Waals surface area contributed by atoms with Crippen LogP contribution < -0.4 is 14.8 Å². The molecular formula is C29H25NO4. The minimum absolute atomic E-state index is 0.118. The van der Waals surface area contributed by atoms with Crippen LogP contribution in [-0.4, -0.2) is 11.7 Å². The number of Topliss-reactive ketones (excluding diaryl/α,β-unsaturated/α-hetero) is 1. The summed E-state index contributed by atoms with van der Waals surface area (Å²) in [6.07, 6.45) is 0. The zero-order chi connectivity index (χ0) is 23.8. The van der Waals surface area contributed by atoms with Crippen molar-refractivity contribution in [3.63, 3.8) is 0 Å². The van der Waals surface area contributed by atoms with Crippen LogP contribution in [0.3, 0.4) is 0 Å². The Kier molecular flexibility index (Phi) is 7.35. The Morgan fingerprint density at radius 2 is 1.24 bits per heavy atom. The normalized spacial score (nSPS) is 10.4. The highest BCUT2D eigenvalue weighted by Crippen LogP contribution is 2.31. The number of benzene rings is 4. The number of carbonyl (C=O) groups excluding carboxylic acids is 2. The van der Waals surface area contributed by atoms with Crippen LogP contribution in [0.2, 0.25) is 0 Å². The van der Waals surface area contributed by atoms with Gasteiger partial charge in [-0.15, -0.1) is 0 Å². The highest BCUT2D eigenvalue weighted by Gasteiger charge is 2.15. The summed E-state index contributed by atoms with van der Waals surface area (Å²) in [6.45, 7) is 2.18. The lowest BCUT2D eigenvalue weighted by molar-refractivity contribution is 0.101. The van der Waals surface area contributed by atoms with Crippen LogP contribution in [0.4, 0.5) is 5.69 Å². The van der Waals surface area contributed by atoms with Gasteiger partial charge in [0.2, 0.25) is 0 Å². The average molecular weight is 452 g/mol. The number of ether oxygens (including phenoxy) is 2. The molecule has 0 heterocycles. The predicted molar refractivity (Wildman–Crippen MR) is 132 cm³/mol. The number of carbonyl (C=O) groups is 2. The monoisotopic (exact) mass is 451 g/mol. The molecule has 0 aliphatic carbocycles. The fourth-order valence-corrected chi connectivity index (χ4v) is 3.45. The van der Waals surface area contributed by atoms with Gasteiger partial charge in [0, 0.05) is 11.1 Å². The van der Waals surface area contributed by atoms with Crippen LogP contribution in [0.5, 0.6) is 11.5 Å². The second kappa shape index (κ2) is 11.0. The van der Waals surface area contributed by atoms with E-state index in [9.17, 15) is 9.59 Å². The molecule has 170 valence electrons. The molecule has 1 amide bonds. The second-order valence-electron chi connectivity index (χ2n) is 7.77. The van der Waals surface area contributed by atoms with E-state index in [0.29, 0.717) is 41.5 Å². The molecule has 0 aromatic heterocycles. The van der Waals surface area contributed by atoms with Crippen LogP contribution in [0.1, 0.15) is 38.8 Å². The maximum absolute atomic E-state index is 13.0. The molecule has 4 rings (SSSR count). The lowest BCUT2D eigenvalue weighted by atomic mass is 10.1. The van der Waals surface area contributed by atoms with Gasteiger partial charge in [0.1, 0.15) is 13.2 Å². The van der Waals surface area contributed by atoms with Crippen molar-refractivity contribution in [3.8, 4) is 11.5 Å². The lowest BCUT2D eigenvalue weighted by Crippen LogP contribution is -2.14. The SMILES string of the molecule is CC(=O)c1ccccc1NC(=O)c1ccc(OCc2ccccc2)c(OCc2ccccc2)c1. The first-order chi connectivity index (χ1) is 16.6. The summed E-state index contributed by atoms with van der Waals surface area (Å²) in [4.78, 5) is 24.9. The molecule has 0 saturated carbocycles. The molecule has 0 atom stereocenters. The van der Waals surface area contributed by atoms with Crippen LogP contribution in [0.15, 0.2) is 103 Å². The first-order valence-electron chi connectivity index (χ1n) is 11.0. The zero-order valence-corrected chi connectivity index (χ0v) is 18.9. The summed E-state index contributed by atoms with van der Waals surface area (Å²) in [5, 5.41) is 2.83. The first-order valence-corrected chi connectivity index (χ1v) is 11.0. The molecule has 4 aromatic carbocycles. The summed E-state index contributed by atoms with van der Waals surface area (Å²) in [5.41, 5.74) is 3.35. The number of ketones is 1. The predicted octanol–water partition coefficient (Wildman–Crippen LogP) is 6.30. The Bertz CT molecular complexity index is 1270. The Balaban J connectivity index is 1.56. The van der Waals surface area contributed by atoms with E-state index < -0.39 is 0 Å². The van der Waals surface area contributed by atoms with Gasteiger partial charge >= 0.3 is 0 Å². The minimum atomic E-state index is -0.340. The summed E-state index contributed by atoms with van der Waals surface area (Å²) >= 11 is 0. The van der Waals surface area contributed by atoms with Gasteiger partial charge in [0.25, 0.3) is 5.91 Å². The highest BCUT2D eigenvalue weighted by molar-refractivity contribution is 6.09. The molecular weight excluding hydrogens is 426 g/mol. The summed E-state index contributed by atoms with van der Waals surface area (Å²) in [6, 6.07) is 31.6. The van der Waals surface area contributed by atoms with Crippen LogP contribution in [0.25, 0.3) is 0 Å². The third-order valence-corrected chi connectivity index (χ3v) is 5.23. The Hall–Kier alpha value is -4.38. The largest absolute Gasteiger partial charge is 0.485 e. The molecule has 34 heavy (non-hydrogen) atoms. The van der Waals surface area contributed by atoms with E-state index in [1.54, 1.807) is 42.5 Å². The van der Waals surface area contributed by atoms with Crippen molar-refractivity contribution in [2.24, 2.45) is 0 Å². The summed E-state index contributed by atoms with van der Waals surface area (Å²) in [7, 11) is 0. The molecule has 0 unspecified atom stereocenters. The van der Waals surface area contributed by atoms with Gasteiger partial charge in [-0.3, -0.25) is 9.59 Å². The molecule has 4 aromatic rings. The van der Waals surface area contributed by atoms with E-state index in [4.69, 9.17) is 9.47 Å². The van der Waals surface area contributed by atoms with Crippen LogP contribution in [0, 0.1) is 0 Å². The summed E-state index contributed by atoms with van der Waals surface area (Å²) < 4.78 is 12.1. The number of rotatable bonds is 9. The topological polar surface area (TPSA) is 64.6 Å². The van der Waals surface area contributed by atoms with Crippen LogP contribution >= 0.6 is 0 Å². The summed E-state index contributed by atoms with van der Waals surface area (Å²) in [5.74, 6) is 0.549. The van der Waals surface area contributed by atoms with Gasteiger partial charge in [-0.25, -0.2) is 0 Å². The first kappa shape index (κ1) is 22.8. The van der Waals surface area contributed by atoms with E-state index in [0.717, 1.165) is 11.1 Å². The van der Waals surface area contributed by atoms with E-state index in [-0.39, 0.29) is 11.7 Å². The Morgan fingerprint density at radius 1 is 0.676 bits per heavy atom. The third kappa shape index (κ3) is 5.90. The fraction of sp³-hybridized carbons (Fsp3) is 0.103. The van der Waals surface area contributed by atoms with Crippen molar-refractivity contribution in [3.05, 3.63) is 125 Å². The number of hydrogen-bond donors (Lipinski definition) is 1. The fourth-order valence-electron chi connectivity index (χ4n) is 3.45. The van der Waals surface area contributed by atoms with Gasteiger partial charge in [-0.05, 0) is 48.4 Å². The van der Waals surface area contributed by atoms with Crippen molar-refractivity contribution in [1.82, 2.24) is 0 Å². The van der Waals surface area contributed by atoms with Crippen molar-refractivity contribution in [2.75, 3.05) is 5.32 Å². The maximum Gasteiger partial charge on any atom is 0.255 e. The molecule has 0 saturated heterocycles. The number of para-hydroxylation sites is 1. The molecule has 5 heteroatoms. The highest BCUT2D eigenvalue weighted by atomic mass is 16.5. The third-order valence-electron chi connectivity index (χ3n) is 5.23. The number of amides is 1. The molecule has 5 nitrogen and oxygen atoms in total. The molecule has 0 aliphatic heterocycles. The van der Waals surface area contributed by atoms with Crippen molar-refractivity contribution < 1.29 is 19.1 Å². The van der Waals surface area contributed by atoms with Gasteiger partial charge in [-0.2, -0.15) is 0 Å². The maximum atomic E-state index is 13.0. The standard InChI is InChI=1S/C29H25NO4/c1-21(31)25-14-8-9-15-26(25)30-29(32)24-16-17-27(33-19-22-10-4-2-5-11-22)28(18-24)34-20-23-12-6-3-7-13-23/h2-18H,19-20H2,1H3,(H,30,32). The molecule has 0 fully saturated rings. The van der Waals surface area contributed by atoms with E-state index in [1.165, 1.54) is 6.92 Å². The van der Waals surface area contributed by atoms with Gasteiger partial charge < -0.3 is 14.8 Å². The molecule has 0 bridgehead atoms. The number of nitrogens with one attached hydrogen (secondary N) is 1. The Labute approximate surface area is 199 Å². The van der Waals surface area contributed by atoms with Crippen LogP contribution in [-0.2, 0) is 13.2 Å². The molecule has 0 aliphatic rings. The van der Waals surface area contributed by atoms with Crippen molar-refractivity contribution in [1.29, 1.82) is 0 Å². The van der Waals surface area contributed by atoms with E-state index in [2.05, 4.69) is 5.32 Å². The van der Waals surface area contributed by atoms with E-state index >= 15 is 0 Å².